The van der Waals surface area contributed by atoms with Crippen molar-refractivity contribution in [3.8, 4) is 0 Å². The topological polar surface area (TPSA) is 72.9 Å². The van der Waals surface area contributed by atoms with Gasteiger partial charge in [0.2, 0.25) is 11.8 Å². The molecule has 1 aliphatic carbocycles. The first kappa shape index (κ1) is 21.6. The molecule has 0 spiro atoms. The van der Waals surface area contributed by atoms with E-state index in [1.54, 1.807) is 6.92 Å². The second kappa shape index (κ2) is 10.1. The summed E-state index contributed by atoms with van der Waals surface area (Å²) < 4.78 is 0. The number of amides is 2. The Bertz CT molecular complexity index is 527. The average Bonchev–Trinajstić information content (AvgIpc) is 3.10. The van der Waals surface area contributed by atoms with E-state index in [9.17, 15) is 14.7 Å². The molecule has 6 heteroatoms. The number of piperidine rings is 1. The van der Waals surface area contributed by atoms with Crippen LogP contribution < -0.4 is 5.32 Å². The minimum Gasteiger partial charge on any atom is -0.388 e. The predicted molar refractivity (Wildman–Crippen MR) is 110 cm³/mol. The minimum absolute atomic E-state index is 0.0403. The zero-order valence-electron chi connectivity index (χ0n) is 17.6. The van der Waals surface area contributed by atoms with Gasteiger partial charge in [0.1, 0.15) is 0 Å². The lowest BCUT2D eigenvalue weighted by Crippen LogP contribution is -2.50. The van der Waals surface area contributed by atoms with Crippen molar-refractivity contribution in [2.45, 2.75) is 89.2 Å². The number of carbonyl (C=O) groups is 2. The van der Waals surface area contributed by atoms with Crippen LogP contribution in [0.15, 0.2) is 0 Å². The lowest BCUT2D eigenvalue weighted by molar-refractivity contribution is -0.131. The number of rotatable bonds is 6. The van der Waals surface area contributed by atoms with Crippen molar-refractivity contribution in [2.24, 2.45) is 5.92 Å². The summed E-state index contributed by atoms with van der Waals surface area (Å²) in [5.74, 6) is 1.08. The van der Waals surface area contributed by atoms with Gasteiger partial charge in [-0.3, -0.25) is 9.59 Å². The molecule has 0 radical (unpaired) electrons. The van der Waals surface area contributed by atoms with Crippen LogP contribution in [0.1, 0.15) is 77.6 Å². The van der Waals surface area contributed by atoms with Crippen LogP contribution in [0.5, 0.6) is 0 Å². The summed E-state index contributed by atoms with van der Waals surface area (Å²) in [6.45, 7) is 5.55. The summed E-state index contributed by atoms with van der Waals surface area (Å²) in [5, 5.41) is 14.2. The van der Waals surface area contributed by atoms with Crippen LogP contribution in [0, 0.1) is 5.92 Å². The van der Waals surface area contributed by atoms with Crippen LogP contribution in [-0.2, 0) is 9.59 Å². The summed E-state index contributed by atoms with van der Waals surface area (Å²) in [4.78, 5) is 28.2. The van der Waals surface area contributed by atoms with Crippen LogP contribution >= 0.6 is 0 Å². The van der Waals surface area contributed by atoms with Gasteiger partial charge in [-0.05, 0) is 44.4 Å². The van der Waals surface area contributed by atoms with Crippen molar-refractivity contribution >= 4 is 11.8 Å². The Morgan fingerprint density at radius 1 is 1.00 bits per heavy atom. The smallest absolute Gasteiger partial charge is 0.222 e. The van der Waals surface area contributed by atoms with Crippen LogP contribution in [0.4, 0.5) is 0 Å². The van der Waals surface area contributed by atoms with Gasteiger partial charge in [-0.25, -0.2) is 0 Å². The molecule has 2 amide bonds. The highest BCUT2D eigenvalue weighted by atomic mass is 16.3. The van der Waals surface area contributed by atoms with Gasteiger partial charge in [0, 0.05) is 52.1 Å². The molecule has 0 aromatic rings. The molecule has 3 fully saturated rings. The number of hydrogen-bond acceptors (Lipinski definition) is 4. The highest BCUT2D eigenvalue weighted by Gasteiger charge is 2.34. The Morgan fingerprint density at radius 2 is 1.71 bits per heavy atom. The van der Waals surface area contributed by atoms with E-state index < -0.39 is 5.60 Å². The van der Waals surface area contributed by atoms with Gasteiger partial charge in [0.25, 0.3) is 0 Å². The van der Waals surface area contributed by atoms with E-state index in [0.29, 0.717) is 25.9 Å². The van der Waals surface area contributed by atoms with E-state index in [1.165, 1.54) is 25.7 Å². The number of aliphatic hydroxyl groups is 1. The molecule has 160 valence electrons. The molecule has 0 bridgehead atoms. The maximum atomic E-state index is 12.6. The number of likely N-dealkylation sites (tertiary alicyclic amines) is 2. The van der Waals surface area contributed by atoms with Crippen molar-refractivity contribution in [1.29, 1.82) is 0 Å². The molecule has 2 saturated heterocycles. The second-order valence-corrected chi connectivity index (χ2v) is 9.40. The maximum Gasteiger partial charge on any atom is 0.222 e. The van der Waals surface area contributed by atoms with E-state index in [-0.39, 0.29) is 17.9 Å². The fourth-order valence-corrected chi connectivity index (χ4v) is 5.31. The normalized spacial score (nSPS) is 28.3. The third-order valence-electron chi connectivity index (χ3n) is 7.02. The molecule has 2 N–H and O–H groups in total. The molecule has 1 saturated carbocycles. The number of nitrogens with one attached hydrogen (secondary N) is 1. The fraction of sp³-hybridized carbons (Fsp3) is 0.909. The van der Waals surface area contributed by atoms with Gasteiger partial charge in [0.05, 0.1) is 5.60 Å². The average molecular weight is 394 g/mol. The minimum atomic E-state index is -0.693. The molecule has 1 unspecified atom stereocenters. The van der Waals surface area contributed by atoms with Crippen molar-refractivity contribution in [3.63, 3.8) is 0 Å². The number of nitrogens with zero attached hydrogens (tertiary/aromatic N) is 2. The highest BCUT2D eigenvalue weighted by Crippen LogP contribution is 2.29. The summed E-state index contributed by atoms with van der Waals surface area (Å²) in [6, 6.07) is 0.269. The molecule has 3 aliphatic rings. The van der Waals surface area contributed by atoms with E-state index in [1.807, 2.05) is 4.90 Å². The number of carbonyl (C=O) groups excluding carboxylic acids is 2. The first-order valence-electron chi connectivity index (χ1n) is 11.4. The van der Waals surface area contributed by atoms with Crippen LogP contribution in [0.3, 0.4) is 0 Å². The van der Waals surface area contributed by atoms with E-state index in [4.69, 9.17) is 0 Å². The molecule has 28 heavy (non-hydrogen) atoms. The molecule has 1 atom stereocenters. The predicted octanol–water partition coefficient (Wildman–Crippen LogP) is 2.30. The largest absolute Gasteiger partial charge is 0.388 e. The summed E-state index contributed by atoms with van der Waals surface area (Å²) >= 11 is 0. The Balaban J connectivity index is 1.40. The van der Waals surface area contributed by atoms with Crippen molar-refractivity contribution in [2.75, 3.05) is 32.7 Å². The fourth-order valence-electron chi connectivity index (χ4n) is 5.31. The molecule has 2 heterocycles. The molecule has 3 rings (SSSR count). The molecular weight excluding hydrogens is 354 g/mol. The molecule has 0 aromatic carbocycles. The van der Waals surface area contributed by atoms with Gasteiger partial charge >= 0.3 is 0 Å². The van der Waals surface area contributed by atoms with Crippen molar-refractivity contribution in [3.05, 3.63) is 0 Å². The monoisotopic (exact) mass is 393 g/mol. The van der Waals surface area contributed by atoms with E-state index in [0.717, 1.165) is 57.7 Å². The van der Waals surface area contributed by atoms with Crippen molar-refractivity contribution < 1.29 is 14.7 Å². The molecule has 2 aliphatic heterocycles. The maximum absolute atomic E-state index is 12.6. The van der Waals surface area contributed by atoms with E-state index >= 15 is 0 Å². The van der Waals surface area contributed by atoms with E-state index in [2.05, 4.69) is 10.2 Å². The lowest BCUT2D eigenvalue weighted by Gasteiger charge is -2.38. The zero-order chi connectivity index (χ0) is 20.0. The third-order valence-corrected chi connectivity index (χ3v) is 7.02. The third kappa shape index (κ3) is 6.45. The van der Waals surface area contributed by atoms with Gasteiger partial charge in [-0.1, -0.05) is 25.7 Å². The Kier molecular flexibility index (Phi) is 7.75. The van der Waals surface area contributed by atoms with Gasteiger partial charge in [-0.2, -0.15) is 0 Å². The summed E-state index contributed by atoms with van der Waals surface area (Å²) in [7, 11) is 0. The number of hydrogen-bond donors (Lipinski definition) is 2. The first-order valence-corrected chi connectivity index (χ1v) is 11.4. The van der Waals surface area contributed by atoms with Crippen molar-refractivity contribution in [1.82, 2.24) is 15.1 Å². The standard InChI is InChI=1S/C22H39N3O3/c1-18(26)23-20-9-14-24(15-10-20)17-22(28)11-4-13-25(16-12-22)21(27)8-7-19-5-2-3-6-19/h19-20,28H,2-17H2,1H3,(H,23,26). The van der Waals surface area contributed by atoms with Gasteiger partial charge in [-0.15, -0.1) is 0 Å². The van der Waals surface area contributed by atoms with Crippen LogP contribution in [0.25, 0.3) is 0 Å². The second-order valence-electron chi connectivity index (χ2n) is 9.40. The molecule has 6 nitrogen and oxygen atoms in total. The zero-order valence-corrected chi connectivity index (χ0v) is 17.6. The number of β-amino-alcohol motifs (C(OH)–C–C–N with tert-alkyl or cyclic N) is 1. The van der Waals surface area contributed by atoms with Gasteiger partial charge < -0.3 is 20.2 Å². The quantitative estimate of drug-likeness (QED) is 0.726. The van der Waals surface area contributed by atoms with Crippen LogP contribution in [-0.4, -0.2) is 71.1 Å². The highest BCUT2D eigenvalue weighted by molar-refractivity contribution is 5.76. The Morgan fingerprint density at radius 3 is 2.39 bits per heavy atom. The summed E-state index contributed by atoms with van der Waals surface area (Å²) in [5.41, 5.74) is -0.693. The van der Waals surface area contributed by atoms with Crippen LogP contribution in [0.2, 0.25) is 0 Å². The molecule has 0 aromatic heterocycles. The SMILES string of the molecule is CC(=O)NC1CCN(CC2(O)CCCN(C(=O)CCC3CCCC3)CC2)CC1. The lowest BCUT2D eigenvalue weighted by atomic mass is 9.93. The summed E-state index contributed by atoms with van der Waals surface area (Å²) in [6.07, 6.45) is 11.2. The van der Waals surface area contributed by atoms with Gasteiger partial charge in [0.15, 0.2) is 0 Å². The Hall–Kier alpha value is -1.14. The molecular formula is C22H39N3O3. The Labute approximate surface area is 170 Å². The first-order chi connectivity index (χ1) is 13.4.